The summed E-state index contributed by atoms with van der Waals surface area (Å²) >= 11 is 1.57. The van der Waals surface area contributed by atoms with Gasteiger partial charge < -0.3 is 20.1 Å². The number of hydrogen-bond donors (Lipinski definition) is 2. The van der Waals surface area contributed by atoms with Crippen LogP contribution < -0.4 is 15.4 Å². The van der Waals surface area contributed by atoms with Gasteiger partial charge in [0.25, 0.3) is 0 Å². The van der Waals surface area contributed by atoms with E-state index in [0.717, 1.165) is 39.5 Å². The zero-order valence-electron chi connectivity index (χ0n) is 15.7. The lowest BCUT2D eigenvalue weighted by Gasteiger charge is -2.24. The van der Waals surface area contributed by atoms with Crippen LogP contribution in [-0.2, 0) is 11.2 Å². The topological polar surface area (TPSA) is 121 Å². The molecule has 1 saturated carbocycles. The van der Waals surface area contributed by atoms with Gasteiger partial charge in [0.05, 0.1) is 35.5 Å². The molecule has 4 atom stereocenters. The third-order valence-electron chi connectivity index (χ3n) is 5.30. The normalized spacial score (nSPS) is 25.6. The molecule has 1 aliphatic heterocycles. The van der Waals surface area contributed by atoms with Crippen LogP contribution in [0, 0.1) is 5.92 Å². The smallest absolute Gasteiger partial charge is 0.407 e. The lowest BCUT2D eigenvalue weighted by molar-refractivity contribution is 0.146. The standard InChI is InChI=1S/C18H22N6O3S/c1-3-26-18(25)22-16-11(8-9(2)14(16)23-24-19)20-17-21-15-10-6-7-27-12(10)4-5-13(15)28-17/h4-5,9,11,14,16H,3,6-8H2,1-2H3,(H,20,21)(H,22,25)/t9-,11+,14+,16+/m0/s1. The number of benzene rings is 1. The summed E-state index contributed by atoms with van der Waals surface area (Å²) in [7, 11) is 0. The van der Waals surface area contributed by atoms with E-state index in [1.54, 1.807) is 18.3 Å². The van der Waals surface area contributed by atoms with Gasteiger partial charge >= 0.3 is 6.09 Å². The molecule has 4 rings (SSSR count). The summed E-state index contributed by atoms with van der Waals surface area (Å²) in [6, 6.07) is 3.19. The van der Waals surface area contributed by atoms with Gasteiger partial charge in [-0.2, -0.15) is 0 Å². The number of amides is 1. The predicted molar refractivity (Wildman–Crippen MR) is 107 cm³/mol. The van der Waals surface area contributed by atoms with E-state index in [-0.39, 0.29) is 30.7 Å². The maximum absolute atomic E-state index is 12.0. The summed E-state index contributed by atoms with van der Waals surface area (Å²) in [6.45, 7) is 4.74. The van der Waals surface area contributed by atoms with Gasteiger partial charge in [0.2, 0.25) is 0 Å². The van der Waals surface area contributed by atoms with Gasteiger partial charge in [-0.25, -0.2) is 9.78 Å². The quantitative estimate of drug-likeness (QED) is 0.447. The molecule has 0 radical (unpaired) electrons. The van der Waals surface area contributed by atoms with Crippen LogP contribution in [0.25, 0.3) is 20.7 Å². The second-order valence-corrected chi connectivity index (χ2v) is 8.09. The second-order valence-electron chi connectivity index (χ2n) is 7.06. The Kier molecular flexibility index (Phi) is 5.15. The Morgan fingerprint density at radius 3 is 3.18 bits per heavy atom. The molecule has 0 saturated heterocycles. The fraction of sp³-hybridized carbons (Fsp3) is 0.556. The molecule has 10 heteroatoms. The number of carbonyl (C=O) groups excluding carboxylic acids is 1. The van der Waals surface area contributed by atoms with Crippen LogP contribution >= 0.6 is 11.3 Å². The Labute approximate surface area is 166 Å². The summed E-state index contributed by atoms with van der Waals surface area (Å²) in [5, 5.41) is 11.0. The van der Waals surface area contributed by atoms with E-state index in [1.807, 2.05) is 19.1 Å². The molecule has 1 aliphatic carbocycles. The average molecular weight is 402 g/mol. The van der Waals surface area contributed by atoms with E-state index in [9.17, 15) is 4.79 Å². The number of nitrogens with one attached hydrogen (secondary N) is 2. The summed E-state index contributed by atoms with van der Waals surface area (Å²) in [5.74, 6) is 1.02. The number of thiazole rings is 1. The number of aromatic nitrogens is 1. The number of rotatable bonds is 5. The first-order chi connectivity index (χ1) is 13.6. The molecule has 1 amide bonds. The maximum Gasteiger partial charge on any atom is 0.407 e. The zero-order chi connectivity index (χ0) is 19.7. The van der Waals surface area contributed by atoms with Crippen molar-refractivity contribution in [2.24, 2.45) is 11.0 Å². The van der Waals surface area contributed by atoms with Crippen LogP contribution in [0.4, 0.5) is 9.93 Å². The fourth-order valence-electron chi connectivity index (χ4n) is 4.06. The number of nitrogens with zero attached hydrogens (tertiary/aromatic N) is 4. The fourth-order valence-corrected chi connectivity index (χ4v) is 5.01. The van der Waals surface area contributed by atoms with Crippen molar-refractivity contribution >= 4 is 32.8 Å². The molecule has 28 heavy (non-hydrogen) atoms. The molecule has 9 nitrogen and oxygen atoms in total. The Bertz CT molecular complexity index is 941. The molecule has 2 aliphatic rings. The summed E-state index contributed by atoms with van der Waals surface area (Å²) in [4.78, 5) is 19.7. The molecule has 2 heterocycles. The molecule has 0 bridgehead atoms. The minimum atomic E-state index is -0.509. The van der Waals surface area contributed by atoms with E-state index < -0.39 is 6.09 Å². The second kappa shape index (κ2) is 7.73. The Balaban J connectivity index is 1.59. The van der Waals surface area contributed by atoms with Crippen LogP contribution in [0.3, 0.4) is 0 Å². The van der Waals surface area contributed by atoms with Crippen molar-refractivity contribution in [1.29, 1.82) is 0 Å². The number of azide groups is 1. The van der Waals surface area contributed by atoms with E-state index in [0.29, 0.717) is 6.61 Å². The van der Waals surface area contributed by atoms with Gasteiger partial charge in [-0.3, -0.25) is 0 Å². The molecule has 2 aromatic rings. The van der Waals surface area contributed by atoms with Crippen LogP contribution in [0.2, 0.25) is 0 Å². The van der Waals surface area contributed by atoms with Gasteiger partial charge in [0.1, 0.15) is 5.75 Å². The summed E-state index contributed by atoms with van der Waals surface area (Å²) < 4.78 is 11.7. The molecule has 2 N–H and O–H groups in total. The van der Waals surface area contributed by atoms with Crippen molar-refractivity contribution < 1.29 is 14.3 Å². The van der Waals surface area contributed by atoms with Crippen molar-refractivity contribution in [3.05, 3.63) is 28.1 Å². The van der Waals surface area contributed by atoms with Crippen LogP contribution in [0.15, 0.2) is 17.2 Å². The minimum Gasteiger partial charge on any atom is -0.493 e. The number of carbonyl (C=O) groups is 1. The van der Waals surface area contributed by atoms with Crippen molar-refractivity contribution in [3.8, 4) is 5.75 Å². The molecule has 0 unspecified atom stereocenters. The van der Waals surface area contributed by atoms with Crippen molar-refractivity contribution in [1.82, 2.24) is 10.3 Å². The van der Waals surface area contributed by atoms with E-state index in [1.165, 1.54) is 0 Å². The predicted octanol–water partition coefficient (Wildman–Crippen LogP) is 3.85. The van der Waals surface area contributed by atoms with Crippen LogP contribution in [0.1, 0.15) is 25.8 Å². The number of anilines is 1. The molecular weight excluding hydrogens is 380 g/mol. The SMILES string of the molecule is CCOC(=O)N[C@H]1[C@H](N=[N+]=[N-])[C@@H](C)C[C@H]1Nc1nc2c3c(ccc2s1)OCC3. The molecular formula is C18H22N6O3S. The third kappa shape index (κ3) is 3.41. The zero-order valence-corrected chi connectivity index (χ0v) is 16.5. The van der Waals surface area contributed by atoms with Gasteiger partial charge in [-0.1, -0.05) is 23.4 Å². The van der Waals surface area contributed by atoms with E-state index in [4.69, 9.17) is 20.0 Å². The van der Waals surface area contributed by atoms with E-state index in [2.05, 4.69) is 20.7 Å². The lowest BCUT2D eigenvalue weighted by atomic mass is 10.1. The van der Waals surface area contributed by atoms with Gasteiger partial charge in [-0.15, -0.1) is 0 Å². The molecule has 0 spiro atoms. The Morgan fingerprint density at radius 1 is 1.54 bits per heavy atom. The van der Waals surface area contributed by atoms with Gasteiger partial charge in [0, 0.05) is 22.9 Å². The molecule has 1 fully saturated rings. The Morgan fingerprint density at radius 2 is 2.39 bits per heavy atom. The largest absolute Gasteiger partial charge is 0.493 e. The van der Waals surface area contributed by atoms with E-state index >= 15 is 0 Å². The first-order valence-corrected chi connectivity index (χ1v) is 10.2. The molecule has 1 aromatic heterocycles. The summed E-state index contributed by atoms with van der Waals surface area (Å²) in [6.07, 6.45) is 1.10. The summed E-state index contributed by atoms with van der Waals surface area (Å²) in [5.41, 5.74) is 11.0. The van der Waals surface area contributed by atoms with Crippen molar-refractivity contribution in [2.75, 3.05) is 18.5 Å². The van der Waals surface area contributed by atoms with Gasteiger partial charge in [0.15, 0.2) is 5.13 Å². The monoisotopic (exact) mass is 402 g/mol. The van der Waals surface area contributed by atoms with Crippen molar-refractivity contribution in [3.63, 3.8) is 0 Å². The van der Waals surface area contributed by atoms with Crippen LogP contribution in [0.5, 0.6) is 5.75 Å². The number of fused-ring (bicyclic) bond motifs is 3. The maximum atomic E-state index is 12.0. The van der Waals surface area contributed by atoms with Gasteiger partial charge in [-0.05, 0) is 36.9 Å². The number of hydrogen-bond acceptors (Lipinski definition) is 7. The highest BCUT2D eigenvalue weighted by atomic mass is 32.1. The first-order valence-electron chi connectivity index (χ1n) is 9.40. The Hall–Kier alpha value is -2.71. The highest BCUT2D eigenvalue weighted by Gasteiger charge is 2.42. The number of ether oxygens (including phenoxy) is 2. The van der Waals surface area contributed by atoms with Crippen LogP contribution in [-0.4, -0.2) is 42.4 Å². The third-order valence-corrected chi connectivity index (χ3v) is 6.25. The average Bonchev–Trinajstić information content (AvgIpc) is 3.35. The molecule has 148 valence electrons. The molecule has 1 aromatic carbocycles. The number of alkyl carbamates (subject to hydrolysis) is 1. The lowest BCUT2D eigenvalue weighted by Crippen LogP contribution is -2.48. The highest BCUT2D eigenvalue weighted by molar-refractivity contribution is 7.22. The highest BCUT2D eigenvalue weighted by Crippen LogP contribution is 2.38. The van der Waals surface area contributed by atoms with Crippen molar-refractivity contribution in [2.45, 2.75) is 44.8 Å². The minimum absolute atomic E-state index is 0.111. The first kappa shape index (κ1) is 18.6.